The average molecular weight is 445 g/mol. The molecule has 0 radical (unpaired) electrons. The van der Waals surface area contributed by atoms with Crippen LogP contribution in [0.3, 0.4) is 0 Å². The van der Waals surface area contributed by atoms with Gasteiger partial charge in [-0.2, -0.15) is 0 Å². The number of halogens is 3. The first-order chi connectivity index (χ1) is 11.8. The quantitative estimate of drug-likeness (QED) is 0.542. The summed E-state index contributed by atoms with van der Waals surface area (Å²) < 4.78 is 0.294. The van der Waals surface area contributed by atoms with Gasteiger partial charge in [-0.3, -0.25) is 4.79 Å². The van der Waals surface area contributed by atoms with Crippen molar-refractivity contribution >= 4 is 45.0 Å². The van der Waals surface area contributed by atoms with E-state index in [2.05, 4.69) is 21.2 Å². The van der Waals surface area contributed by atoms with Crippen molar-refractivity contribution in [1.82, 2.24) is 5.32 Å². The van der Waals surface area contributed by atoms with E-state index < -0.39 is 0 Å². The van der Waals surface area contributed by atoms with Crippen LogP contribution in [0.5, 0.6) is 0 Å². The smallest absolute Gasteiger partial charge is 0.221 e. The van der Waals surface area contributed by atoms with Crippen molar-refractivity contribution in [2.75, 3.05) is 0 Å². The summed E-state index contributed by atoms with van der Waals surface area (Å²) in [5.74, 6) is 1.75. The van der Waals surface area contributed by atoms with Crippen LogP contribution in [0.4, 0.5) is 0 Å². The van der Waals surface area contributed by atoms with Gasteiger partial charge in [-0.15, -0.1) is 0 Å². The lowest BCUT2D eigenvalue weighted by atomic mass is 9.48. The summed E-state index contributed by atoms with van der Waals surface area (Å²) in [5, 5.41) is 4.38. The second-order valence-electron chi connectivity index (χ2n) is 8.74. The van der Waals surface area contributed by atoms with Gasteiger partial charge < -0.3 is 5.32 Å². The molecular formula is C20H24BrCl2NO. The molecule has 25 heavy (non-hydrogen) atoms. The SMILES string of the molecule is C[C@H](NC(=O)CC12C[C@H]3C[C@@H](CC(Br)(C3)C1)C2)c1ccc(Cl)cc1Cl. The highest BCUT2D eigenvalue weighted by Crippen LogP contribution is 2.65. The Morgan fingerprint density at radius 3 is 2.56 bits per heavy atom. The third-order valence-corrected chi connectivity index (χ3v) is 7.94. The van der Waals surface area contributed by atoms with Crippen molar-refractivity contribution in [2.45, 2.75) is 62.2 Å². The predicted octanol–water partition coefficient (Wildman–Crippen LogP) is 6.29. The van der Waals surface area contributed by atoms with Crippen LogP contribution in [0.25, 0.3) is 0 Å². The fourth-order valence-corrected chi connectivity index (χ4v) is 8.19. The van der Waals surface area contributed by atoms with Crippen molar-refractivity contribution in [3.8, 4) is 0 Å². The molecule has 0 aromatic heterocycles. The third kappa shape index (κ3) is 3.61. The van der Waals surface area contributed by atoms with Gasteiger partial charge in [0.15, 0.2) is 0 Å². The monoisotopic (exact) mass is 443 g/mol. The zero-order chi connectivity index (χ0) is 17.8. The van der Waals surface area contributed by atoms with Gasteiger partial charge in [0.1, 0.15) is 0 Å². The molecule has 1 N–H and O–H groups in total. The van der Waals surface area contributed by atoms with E-state index in [9.17, 15) is 4.79 Å². The summed E-state index contributed by atoms with van der Waals surface area (Å²) in [5.41, 5.74) is 1.11. The van der Waals surface area contributed by atoms with E-state index in [4.69, 9.17) is 23.2 Å². The van der Waals surface area contributed by atoms with Gasteiger partial charge in [-0.1, -0.05) is 45.2 Å². The molecule has 1 aromatic rings. The maximum atomic E-state index is 12.8. The molecule has 4 aliphatic rings. The second kappa shape index (κ2) is 6.42. The number of hydrogen-bond acceptors (Lipinski definition) is 1. The van der Waals surface area contributed by atoms with Crippen LogP contribution >= 0.6 is 39.1 Å². The first kappa shape index (κ1) is 18.1. The standard InChI is InChI=1S/C20H24BrCl2NO/c1-12(16-3-2-15(22)5-17(16)23)24-18(25)10-19-6-13-4-14(7-19)9-20(21,8-13)11-19/h2-3,5,12-14H,4,6-11H2,1H3,(H,24,25)/t12-,13+,14+,19?,20?/m0/s1. The maximum Gasteiger partial charge on any atom is 0.221 e. The molecule has 5 rings (SSSR count). The van der Waals surface area contributed by atoms with E-state index in [1.807, 2.05) is 19.1 Å². The Kier molecular flexibility index (Phi) is 4.66. The molecule has 0 heterocycles. The molecular weight excluding hydrogens is 421 g/mol. The Balaban J connectivity index is 1.44. The number of benzene rings is 1. The molecule has 4 aliphatic carbocycles. The van der Waals surface area contributed by atoms with E-state index in [1.54, 1.807) is 6.07 Å². The highest BCUT2D eigenvalue weighted by Gasteiger charge is 2.57. The molecule has 0 aliphatic heterocycles. The summed E-state index contributed by atoms with van der Waals surface area (Å²) in [7, 11) is 0. The zero-order valence-corrected chi connectivity index (χ0v) is 17.6. The Morgan fingerprint density at radius 1 is 1.28 bits per heavy atom. The maximum absolute atomic E-state index is 12.8. The number of rotatable bonds is 4. The van der Waals surface area contributed by atoms with Gasteiger partial charge >= 0.3 is 0 Å². The lowest BCUT2D eigenvalue weighted by Crippen LogP contribution is -2.54. The molecule has 1 amide bonds. The molecule has 1 aromatic carbocycles. The highest BCUT2D eigenvalue weighted by molar-refractivity contribution is 9.10. The lowest BCUT2D eigenvalue weighted by molar-refractivity contribution is -0.128. The summed E-state index contributed by atoms with van der Waals surface area (Å²) in [6, 6.07) is 5.34. The number of amides is 1. The van der Waals surface area contributed by atoms with Gasteiger partial charge in [0.2, 0.25) is 5.91 Å². The predicted molar refractivity (Wildman–Crippen MR) is 106 cm³/mol. The number of carbonyl (C=O) groups excluding carboxylic acids is 1. The van der Waals surface area contributed by atoms with Crippen LogP contribution in [0.15, 0.2) is 18.2 Å². The van der Waals surface area contributed by atoms with Crippen LogP contribution < -0.4 is 5.32 Å². The van der Waals surface area contributed by atoms with Crippen LogP contribution in [0.2, 0.25) is 10.0 Å². The lowest BCUT2D eigenvalue weighted by Gasteiger charge is -2.60. The summed E-state index contributed by atoms with van der Waals surface area (Å²) in [6.45, 7) is 1.98. The topological polar surface area (TPSA) is 29.1 Å². The third-order valence-electron chi connectivity index (χ3n) is 6.45. The summed E-state index contributed by atoms with van der Waals surface area (Å²) in [6.07, 6.45) is 8.20. The Hall–Kier alpha value is -0.250. The molecule has 0 saturated heterocycles. The van der Waals surface area contributed by atoms with E-state index in [-0.39, 0.29) is 17.4 Å². The molecule has 0 unspecified atom stereocenters. The normalized spacial score (nSPS) is 37.1. The van der Waals surface area contributed by atoms with Gasteiger partial charge in [-0.25, -0.2) is 0 Å². The van der Waals surface area contributed by atoms with Gasteiger partial charge in [0, 0.05) is 20.8 Å². The Bertz CT molecular complexity index is 693. The number of nitrogens with one attached hydrogen (secondary N) is 1. The fraction of sp³-hybridized carbons (Fsp3) is 0.650. The minimum Gasteiger partial charge on any atom is -0.350 e. The van der Waals surface area contributed by atoms with E-state index in [0.717, 1.165) is 23.8 Å². The van der Waals surface area contributed by atoms with E-state index >= 15 is 0 Å². The van der Waals surface area contributed by atoms with Crippen molar-refractivity contribution in [3.05, 3.63) is 33.8 Å². The van der Waals surface area contributed by atoms with E-state index in [0.29, 0.717) is 20.8 Å². The molecule has 136 valence electrons. The van der Waals surface area contributed by atoms with Crippen molar-refractivity contribution in [1.29, 1.82) is 0 Å². The van der Waals surface area contributed by atoms with Gasteiger partial charge in [0.25, 0.3) is 0 Å². The van der Waals surface area contributed by atoms with Crippen molar-refractivity contribution in [2.24, 2.45) is 17.3 Å². The zero-order valence-electron chi connectivity index (χ0n) is 14.5. The molecule has 4 saturated carbocycles. The number of alkyl halides is 1. The van der Waals surface area contributed by atoms with Gasteiger partial charge in [0.05, 0.1) is 6.04 Å². The minimum absolute atomic E-state index is 0.107. The molecule has 2 nitrogen and oxygen atoms in total. The number of hydrogen-bond donors (Lipinski definition) is 1. The first-order valence-electron chi connectivity index (χ1n) is 9.19. The summed E-state index contributed by atoms with van der Waals surface area (Å²) in [4.78, 5) is 12.8. The van der Waals surface area contributed by atoms with Crippen LogP contribution in [-0.2, 0) is 4.79 Å². The summed E-state index contributed by atoms with van der Waals surface area (Å²) >= 11 is 16.3. The van der Waals surface area contributed by atoms with Crippen LogP contribution in [-0.4, -0.2) is 10.2 Å². The second-order valence-corrected chi connectivity index (χ2v) is 11.3. The van der Waals surface area contributed by atoms with Gasteiger partial charge in [-0.05, 0) is 80.4 Å². The minimum atomic E-state index is -0.107. The van der Waals surface area contributed by atoms with Crippen LogP contribution in [0.1, 0.15) is 63.5 Å². The Labute approximate surface area is 168 Å². The largest absolute Gasteiger partial charge is 0.350 e. The van der Waals surface area contributed by atoms with Crippen LogP contribution in [0, 0.1) is 17.3 Å². The molecule has 4 bridgehead atoms. The number of carbonyl (C=O) groups is 1. The molecule has 0 spiro atoms. The first-order valence-corrected chi connectivity index (χ1v) is 10.7. The average Bonchev–Trinajstić information content (AvgIpc) is 2.43. The fourth-order valence-electron chi connectivity index (χ4n) is 6.11. The molecule has 4 fully saturated rings. The Morgan fingerprint density at radius 2 is 1.96 bits per heavy atom. The highest BCUT2D eigenvalue weighted by atomic mass is 79.9. The van der Waals surface area contributed by atoms with Crippen molar-refractivity contribution in [3.63, 3.8) is 0 Å². The van der Waals surface area contributed by atoms with Crippen molar-refractivity contribution < 1.29 is 4.79 Å². The molecule has 5 heteroatoms. The van der Waals surface area contributed by atoms with E-state index in [1.165, 1.54) is 32.1 Å². The molecule has 3 atom stereocenters.